The molecule has 0 bridgehead atoms. The highest BCUT2D eigenvalue weighted by Crippen LogP contribution is 2.27. The molecular weight excluding hydrogens is 381 g/mol. The van der Waals surface area contributed by atoms with Crippen LogP contribution in [0.15, 0.2) is 49.1 Å². The van der Waals surface area contributed by atoms with Gasteiger partial charge in [-0.15, -0.1) is 0 Å². The van der Waals surface area contributed by atoms with Crippen molar-refractivity contribution in [3.05, 3.63) is 72.0 Å². The number of likely N-dealkylation sites (tertiary alicyclic amines) is 1. The zero-order valence-electron chi connectivity index (χ0n) is 17.3. The van der Waals surface area contributed by atoms with Crippen LogP contribution in [0.4, 0.5) is 4.39 Å². The van der Waals surface area contributed by atoms with Crippen molar-refractivity contribution in [3.8, 4) is 5.82 Å². The van der Waals surface area contributed by atoms with E-state index < -0.39 is 0 Å². The third kappa shape index (κ3) is 4.40. The first kappa shape index (κ1) is 20.2. The summed E-state index contributed by atoms with van der Waals surface area (Å²) >= 11 is 0. The van der Waals surface area contributed by atoms with Crippen LogP contribution in [0, 0.1) is 5.82 Å². The van der Waals surface area contributed by atoms with Gasteiger partial charge in [-0.3, -0.25) is 14.3 Å². The second-order valence-electron chi connectivity index (χ2n) is 8.09. The highest BCUT2D eigenvalue weighted by Gasteiger charge is 2.26. The lowest BCUT2D eigenvalue weighted by molar-refractivity contribution is -0.131. The molecule has 2 aromatic heterocycles. The highest BCUT2D eigenvalue weighted by molar-refractivity contribution is 5.79. The van der Waals surface area contributed by atoms with Gasteiger partial charge in [-0.2, -0.15) is 0 Å². The van der Waals surface area contributed by atoms with E-state index >= 15 is 0 Å². The summed E-state index contributed by atoms with van der Waals surface area (Å²) in [5.41, 5.74) is 1.72. The van der Waals surface area contributed by atoms with Gasteiger partial charge < -0.3 is 4.90 Å². The SMILES string of the molecule is CC(C)c1nccn1-c1cncc([C@H]2CCCN(C(=O)Cc3ccc(F)cc3)C2)n1. The number of amides is 1. The van der Waals surface area contributed by atoms with Gasteiger partial charge in [-0.05, 0) is 30.5 Å². The molecule has 0 radical (unpaired) electrons. The number of carbonyl (C=O) groups excluding carboxylic acids is 1. The topological polar surface area (TPSA) is 63.9 Å². The number of carbonyl (C=O) groups is 1. The maximum absolute atomic E-state index is 13.1. The molecule has 1 amide bonds. The van der Waals surface area contributed by atoms with E-state index in [-0.39, 0.29) is 30.0 Å². The van der Waals surface area contributed by atoms with E-state index in [1.807, 2.05) is 15.7 Å². The van der Waals surface area contributed by atoms with Gasteiger partial charge in [0, 0.05) is 43.5 Å². The number of benzene rings is 1. The minimum atomic E-state index is -0.291. The number of rotatable bonds is 5. The van der Waals surface area contributed by atoms with Gasteiger partial charge in [-0.25, -0.2) is 14.4 Å². The molecule has 3 heterocycles. The van der Waals surface area contributed by atoms with Crippen LogP contribution in [-0.4, -0.2) is 43.4 Å². The van der Waals surface area contributed by atoms with Crippen LogP contribution in [0.5, 0.6) is 0 Å². The van der Waals surface area contributed by atoms with E-state index in [4.69, 9.17) is 4.98 Å². The van der Waals surface area contributed by atoms with Crippen LogP contribution in [0.3, 0.4) is 0 Å². The number of halogens is 1. The molecule has 0 unspecified atom stereocenters. The van der Waals surface area contributed by atoms with Gasteiger partial charge >= 0.3 is 0 Å². The van der Waals surface area contributed by atoms with E-state index in [1.54, 1.807) is 30.7 Å². The van der Waals surface area contributed by atoms with Gasteiger partial charge in [0.15, 0.2) is 5.82 Å². The van der Waals surface area contributed by atoms with Gasteiger partial charge in [0.05, 0.1) is 18.3 Å². The van der Waals surface area contributed by atoms with E-state index in [0.29, 0.717) is 6.54 Å². The van der Waals surface area contributed by atoms with Crippen LogP contribution in [-0.2, 0) is 11.2 Å². The third-order valence-corrected chi connectivity index (χ3v) is 5.53. The smallest absolute Gasteiger partial charge is 0.227 e. The fourth-order valence-electron chi connectivity index (χ4n) is 3.95. The maximum atomic E-state index is 13.1. The second kappa shape index (κ2) is 8.73. The quantitative estimate of drug-likeness (QED) is 0.644. The van der Waals surface area contributed by atoms with Crippen LogP contribution in [0.1, 0.15) is 55.6 Å². The summed E-state index contributed by atoms with van der Waals surface area (Å²) in [4.78, 5) is 28.4. The molecule has 0 saturated carbocycles. The Kier molecular flexibility index (Phi) is 5.88. The predicted octanol–water partition coefficient (Wildman–Crippen LogP) is 3.87. The summed E-state index contributed by atoms with van der Waals surface area (Å²) in [6.45, 7) is 5.56. The molecule has 0 aliphatic carbocycles. The Morgan fingerprint density at radius 3 is 2.80 bits per heavy atom. The van der Waals surface area contributed by atoms with Crippen molar-refractivity contribution in [2.45, 2.75) is 44.9 Å². The molecule has 6 nitrogen and oxygen atoms in total. The number of hydrogen-bond acceptors (Lipinski definition) is 4. The first-order valence-electron chi connectivity index (χ1n) is 10.4. The van der Waals surface area contributed by atoms with E-state index in [1.165, 1.54) is 12.1 Å². The molecule has 7 heteroatoms. The Morgan fingerprint density at radius 1 is 1.23 bits per heavy atom. The molecule has 3 aromatic rings. The van der Waals surface area contributed by atoms with Crippen molar-refractivity contribution in [2.24, 2.45) is 0 Å². The molecule has 1 aliphatic heterocycles. The minimum absolute atomic E-state index is 0.0622. The molecule has 30 heavy (non-hydrogen) atoms. The van der Waals surface area contributed by atoms with Crippen molar-refractivity contribution in [3.63, 3.8) is 0 Å². The van der Waals surface area contributed by atoms with E-state index in [2.05, 4.69) is 23.8 Å². The summed E-state index contributed by atoms with van der Waals surface area (Å²) < 4.78 is 15.1. The second-order valence-corrected chi connectivity index (χ2v) is 8.09. The minimum Gasteiger partial charge on any atom is -0.342 e. The summed E-state index contributed by atoms with van der Waals surface area (Å²) in [6, 6.07) is 6.12. The van der Waals surface area contributed by atoms with Crippen LogP contribution in [0.25, 0.3) is 5.82 Å². The van der Waals surface area contributed by atoms with E-state index in [0.717, 1.165) is 42.3 Å². The molecule has 1 saturated heterocycles. The zero-order chi connectivity index (χ0) is 21.1. The Hall–Kier alpha value is -3.09. The van der Waals surface area contributed by atoms with Crippen molar-refractivity contribution in [2.75, 3.05) is 13.1 Å². The zero-order valence-corrected chi connectivity index (χ0v) is 17.3. The molecule has 1 aliphatic rings. The van der Waals surface area contributed by atoms with Crippen molar-refractivity contribution in [1.82, 2.24) is 24.4 Å². The first-order valence-corrected chi connectivity index (χ1v) is 10.4. The summed E-state index contributed by atoms with van der Waals surface area (Å²) in [6.07, 6.45) is 9.41. The van der Waals surface area contributed by atoms with Crippen LogP contribution >= 0.6 is 0 Å². The first-order chi connectivity index (χ1) is 14.5. The highest BCUT2D eigenvalue weighted by atomic mass is 19.1. The lowest BCUT2D eigenvalue weighted by Gasteiger charge is -2.32. The fourth-order valence-corrected chi connectivity index (χ4v) is 3.95. The Balaban J connectivity index is 1.48. The Bertz CT molecular complexity index is 1010. The summed E-state index contributed by atoms with van der Waals surface area (Å²) in [5, 5.41) is 0. The van der Waals surface area contributed by atoms with Gasteiger partial charge in [0.25, 0.3) is 0 Å². The summed E-state index contributed by atoms with van der Waals surface area (Å²) in [7, 11) is 0. The van der Waals surface area contributed by atoms with E-state index in [9.17, 15) is 9.18 Å². The largest absolute Gasteiger partial charge is 0.342 e. The van der Waals surface area contributed by atoms with Crippen molar-refractivity contribution >= 4 is 5.91 Å². The number of imidazole rings is 1. The van der Waals surface area contributed by atoms with Crippen LogP contribution in [0.2, 0.25) is 0 Å². The Labute approximate surface area is 175 Å². The maximum Gasteiger partial charge on any atom is 0.227 e. The lowest BCUT2D eigenvalue weighted by atomic mass is 9.94. The molecular formula is C23H26FN5O. The molecule has 156 valence electrons. The van der Waals surface area contributed by atoms with Gasteiger partial charge in [0.1, 0.15) is 11.6 Å². The molecule has 0 N–H and O–H groups in total. The van der Waals surface area contributed by atoms with Gasteiger partial charge in [0.2, 0.25) is 5.91 Å². The summed E-state index contributed by atoms with van der Waals surface area (Å²) in [5.74, 6) is 1.90. The number of aromatic nitrogens is 4. The number of hydrogen-bond donors (Lipinski definition) is 0. The number of nitrogens with zero attached hydrogens (tertiary/aromatic N) is 5. The monoisotopic (exact) mass is 407 g/mol. The Morgan fingerprint density at radius 2 is 2.03 bits per heavy atom. The molecule has 0 spiro atoms. The standard InChI is InChI=1S/C23H26FN5O/c1-16(2)23-26-9-11-29(23)21-14-25-13-20(27-21)18-4-3-10-28(15-18)22(30)12-17-5-7-19(24)8-6-17/h5-9,11,13-14,16,18H,3-4,10,12,15H2,1-2H3/t18-/m0/s1. The van der Waals surface area contributed by atoms with Gasteiger partial charge in [-0.1, -0.05) is 26.0 Å². The lowest BCUT2D eigenvalue weighted by Crippen LogP contribution is -2.40. The van der Waals surface area contributed by atoms with Crippen molar-refractivity contribution < 1.29 is 9.18 Å². The average Bonchev–Trinajstić information content (AvgIpc) is 3.26. The molecule has 1 fully saturated rings. The third-order valence-electron chi connectivity index (χ3n) is 5.53. The predicted molar refractivity (Wildman–Crippen MR) is 112 cm³/mol. The molecule has 4 rings (SSSR count). The molecule has 1 atom stereocenters. The fraction of sp³-hybridized carbons (Fsp3) is 0.391. The number of piperidine rings is 1. The van der Waals surface area contributed by atoms with Crippen LogP contribution < -0.4 is 0 Å². The normalized spacial score (nSPS) is 16.8. The molecule has 1 aromatic carbocycles. The van der Waals surface area contributed by atoms with Crippen molar-refractivity contribution in [1.29, 1.82) is 0 Å². The average molecular weight is 407 g/mol.